The maximum atomic E-state index is 5.44. The van der Waals surface area contributed by atoms with Crippen LogP contribution in [0.25, 0.3) is 0 Å². The van der Waals surface area contributed by atoms with Gasteiger partial charge in [0.25, 0.3) is 0 Å². The molecule has 2 rings (SSSR count). The first-order valence-electron chi connectivity index (χ1n) is 2.88. The third-order valence-electron chi connectivity index (χ3n) is 1.34. The fraction of sp³-hybridized carbons (Fsp3) is 0.200. The molecule has 0 saturated carbocycles. The van der Waals surface area contributed by atoms with Crippen molar-refractivity contribution >= 4 is 17.7 Å². The number of anilines is 1. The summed E-state index contributed by atoms with van der Waals surface area (Å²) in [4.78, 5) is 3.98. The third kappa shape index (κ3) is 0.570. The van der Waals surface area contributed by atoms with Gasteiger partial charge in [-0.25, -0.2) is 0 Å². The summed E-state index contributed by atoms with van der Waals surface area (Å²) >= 11 is 0. The molecule has 0 aliphatic carbocycles. The highest BCUT2D eigenvalue weighted by Crippen LogP contribution is 2.25. The van der Waals surface area contributed by atoms with Crippen LogP contribution < -0.4 is 5.73 Å². The van der Waals surface area contributed by atoms with Crippen molar-refractivity contribution in [3.8, 4) is 0 Å². The molecule has 0 atom stereocenters. The molecule has 10 heavy (non-hydrogen) atoms. The van der Waals surface area contributed by atoms with E-state index in [1.54, 1.807) is 6.21 Å². The molecule has 1 aromatic heterocycles. The van der Waals surface area contributed by atoms with Gasteiger partial charge in [-0.2, -0.15) is 0 Å². The van der Waals surface area contributed by atoms with Crippen LogP contribution in [0.4, 0.5) is 11.5 Å². The van der Waals surface area contributed by atoms with E-state index in [-0.39, 0.29) is 0 Å². The predicted molar refractivity (Wildman–Crippen MR) is 36.1 cm³/mol. The minimum absolute atomic E-state index is 0.360. The van der Waals surface area contributed by atoms with E-state index in [9.17, 15) is 0 Å². The number of nitrogens with two attached hydrogens (primary N) is 1. The zero-order chi connectivity index (χ0) is 6.97. The van der Waals surface area contributed by atoms with E-state index in [1.165, 1.54) is 0 Å². The Morgan fingerprint density at radius 1 is 1.40 bits per heavy atom. The van der Waals surface area contributed by atoms with Crippen molar-refractivity contribution < 1.29 is 0 Å². The number of nitrogens with zero attached hydrogens (tertiary/aromatic N) is 4. The van der Waals surface area contributed by atoms with Crippen molar-refractivity contribution in [3.05, 3.63) is 5.69 Å². The average Bonchev–Trinajstić information content (AvgIpc) is 2.36. The Morgan fingerprint density at radius 2 is 2.30 bits per heavy atom. The van der Waals surface area contributed by atoms with Crippen LogP contribution in [0, 0.1) is 0 Å². The molecular formula is C5H5N5. The molecule has 0 unspecified atom stereocenters. The van der Waals surface area contributed by atoms with Gasteiger partial charge in [0.2, 0.25) is 0 Å². The monoisotopic (exact) mass is 135 g/mol. The third-order valence-corrected chi connectivity index (χ3v) is 1.34. The second-order valence-corrected chi connectivity index (χ2v) is 1.99. The minimum atomic E-state index is 0.360. The Morgan fingerprint density at radius 3 is 3.10 bits per heavy atom. The second kappa shape index (κ2) is 1.73. The van der Waals surface area contributed by atoms with Crippen LogP contribution in [0.5, 0.6) is 0 Å². The van der Waals surface area contributed by atoms with Gasteiger partial charge in [-0.3, -0.25) is 4.99 Å². The lowest BCUT2D eigenvalue weighted by Crippen LogP contribution is -1.98. The van der Waals surface area contributed by atoms with Crippen LogP contribution in [0.1, 0.15) is 5.69 Å². The van der Waals surface area contributed by atoms with Crippen LogP contribution in [0.15, 0.2) is 4.99 Å². The summed E-state index contributed by atoms with van der Waals surface area (Å²) in [5.74, 6) is 0.360. The van der Waals surface area contributed by atoms with Gasteiger partial charge in [0.05, 0.1) is 5.69 Å². The Bertz CT molecular complexity index is 292. The molecule has 0 radical (unpaired) electrons. The molecule has 0 amide bonds. The molecule has 0 aromatic carbocycles. The smallest absolute Gasteiger partial charge is 0.175 e. The summed E-state index contributed by atoms with van der Waals surface area (Å²) in [5.41, 5.74) is 6.93. The van der Waals surface area contributed by atoms with E-state index in [1.807, 2.05) is 0 Å². The summed E-state index contributed by atoms with van der Waals surface area (Å²) in [7, 11) is 0. The fourth-order valence-corrected chi connectivity index (χ4v) is 0.869. The number of rotatable bonds is 0. The number of hydrogen-bond acceptors (Lipinski definition) is 5. The quantitative estimate of drug-likeness (QED) is 0.530. The zero-order valence-corrected chi connectivity index (χ0v) is 5.15. The highest BCUT2D eigenvalue weighted by Gasteiger charge is 2.11. The normalized spacial score (nSPS) is 13.6. The first-order valence-corrected chi connectivity index (χ1v) is 2.88. The summed E-state index contributed by atoms with van der Waals surface area (Å²) in [6.07, 6.45) is 2.46. The lowest BCUT2D eigenvalue weighted by atomic mass is 10.3. The van der Waals surface area contributed by atoms with Gasteiger partial charge in [0.1, 0.15) is 5.69 Å². The summed E-state index contributed by atoms with van der Waals surface area (Å²) < 4.78 is 0. The van der Waals surface area contributed by atoms with Gasteiger partial charge in [-0.15, -0.1) is 10.2 Å². The molecule has 5 heteroatoms. The van der Waals surface area contributed by atoms with Crippen LogP contribution in [-0.4, -0.2) is 21.6 Å². The van der Waals surface area contributed by atoms with E-state index in [0.29, 0.717) is 11.5 Å². The highest BCUT2D eigenvalue weighted by molar-refractivity contribution is 5.78. The molecule has 1 aromatic rings. The van der Waals surface area contributed by atoms with Crippen LogP contribution in [-0.2, 0) is 6.42 Å². The van der Waals surface area contributed by atoms with Crippen molar-refractivity contribution in [2.75, 3.05) is 5.73 Å². The predicted octanol–water partition coefficient (Wildman–Crippen LogP) is -0.288. The number of aliphatic imine (C=N–C) groups is 1. The molecular weight excluding hydrogens is 130 g/mol. The number of fused-ring (bicyclic) bond motifs is 1. The Kier molecular flexibility index (Phi) is 0.913. The Balaban J connectivity index is 2.67. The zero-order valence-electron chi connectivity index (χ0n) is 5.15. The molecule has 1 aliphatic heterocycles. The van der Waals surface area contributed by atoms with Crippen LogP contribution in [0.2, 0.25) is 0 Å². The van der Waals surface area contributed by atoms with Gasteiger partial charge in [0, 0.05) is 12.6 Å². The highest BCUT2D eigenvalue weighted by atomic mass is 15.3. The van der Waals surface area contributed by atoms with Crippen LogP contribution in [0.3, 0.4) is 0 Å². The maximum absolute atomic E-state index is 5.44. The van der Waals surface area contributed by atoms with Crippen molar-refractivity contribution in [2.24, 2.45) is 4.99 Å². The summed E-state index contributed by atoms with van der Waals surface area (Å²) in [6, 6.07) is 0. The van der Waals surface area contributed by atoms with Crippen molar-refractivity contribution in [2.45, 2.75) is 6.42 Å². The fourth-order valence-electron chi connectivity index (χ4n) is 0.869. The van der Waals surface area contributed by atoms with Gasteiger partial charge in [0.15, 0.2) is 5.82 Å². The topological polar surface area (TPSA) is 77.0 Å². The van der Waals surface area contributed by atoms with E-state index in [2.05, 4.69) is 20.4 Å². The molecule has 0 fully saturated rings. The summed E-state index contributed by atoms with van der Waals surface area (Å²) in [6.45, 7) is 0. The average molecular weight is 135 g/mol. The van der Waals surface area contributed by atoms with E-state index in [0.717, 1.165) is 12.1 Å². The number of aromatic nitrogens is 3. The van der Waals surface area contributed by atoms with Gasteiger partial charge < -0.3 is 5.73 Å². The van der Waals surface area contributed by atoms with Crippen molar-refractivity contribution in [1.29, 1.82) is 0 Å². The number of hydrogen-bond donors (Lipinski definition) is 1. The molecule has 5 nitrogen and oxygen atoms in total. The molecule has 0 saturated heterocycles. The Labute approximate surface area is 57.0 Å². The largest absolute Gasteiger partial charge is 0.380 e. The van der Waals surface area contributed by atoms with Crippen molar-refractivity contribution in [1.82, 2.24) is 15.4 Å². The SMILES string of the molecule is Nc1nnnc2c1N=CC2. The minimum Gasteiger partial charge on any atom is -0.380 e. The van der Waals surface area contributed by atoms with E-state index < -0.39 is 0 Å². The molecule has 1 aliphatic rings. The van der Waals surface area contributed by atoms with E-state index >= 15 is 0 Å². The molecule has 2 heterocycles. The first kappa shape index (κ1) is 5.28. The lowest BCUT2D eigenvalue weighted by Gasteiger charge is -1.94. The maximum Gasteiger partial charge on any atom is 0.175 e. The summed E-state index contributed by atoms with van der Waals surface area (Å²) in [5, 5.41) is 10.8. The van der Waals surface area contributed by atoms with Crippen LogP contribution >= 0.6 is 0 Å². The second-order valence-electron chi connectivity index (χ2n) is 1.99. The number of nitrogen functional groups attached to an aromatic ring is 1. The molecule has 2 N–H and O–H groups in total. The molecule has 0 bridgehead atoms. The first-order chi connectivity index (χ1) is 4.88. The van der Waals surface area contributed by atoms with Crippen molar-refractivity contribution in [3.63, 3.8) is 0 Å². The molecule has 0 spiro atoms. The lowest BCUT2D eigenvalue weighted by molar-refractivity contribution is 0.846. The van der Waals surface area contributed by atoms with Gasteiger partial charge in [-0.05, 0) is 5.21 Å². The Hall–Kier alpha value is -1.52. The van der Waals surface area contributed by atoms with Gasteiger partial charge in [-0.1, -0.05) is 0 Å². The standard InChI is InChI=1S/C5H5N5/c6-5-4-3(1-2-7-4)8-10-9-5/h2H,1H2,(H2,6,8,9). The molecule has 50 valence electrons. The van der Waals surface area contributed by atoms with E-state index in [4.69, 9.17) is 5.73 Å². The van der Waals surface area contributed by atoms with Gasteiger partial charge >= 0.3 is 0 Å².